The molecule has 4 aromatic rings. The number of rotatable bonds is 8. The molecule has 8 nitrogen and oxygen atoms in total. The summed E-state index contributed by atoms with van der Waals surface area (Å²) in [4.78, 5) is 19.1. The number of fused-ring (bicyclic) bond motifs is 1. The van der Waals surface area contributed by atoms with E-state index in [0.717, 1.165) is 35.2 Å². The van der Waals surface area contributed by atoms with E-state index >= 15 is 0 Å². The van der Waals surface area contributed by atoms with Crippen LogP contribution in [-0.2, 0) is 26.0 Å². The third kappa shape index (κ3) is 5.69. The molecule has 1 aliphatic heterocycles. The predicted octanol–water partition coefficient (Wildman–Crippen LogP) is 3.84. The van der Waals surface area contributed by atoms with E-state index in [1.165, 1.54) is 0 Å². The second-order valence-electron chi connectivity index (χ2n) is 9.14. The first-order chi connectivity index (χ1) is 17.9. The Morgan fingerprint density at radius 2 is 1.70 bits per heavy atom. The maximum absolute atomic E-state index is 13.5. The van der Waals surface area contributed by atoms with E-state index in [9.17, 15) is 13.2 Å². The summed E-state index contributed by atoms with van der Waals surface area (Å²) >= 11 is 0. The zero-order valence-electron chi connectivity index (χ0n) is 20.6. The molecule has 1 amide bonds. The largest absolute Gasteiger partial charge is 0.378 e. The number of amides is 1. The highest BCUT2D eigenvalue weighted by Gasteiger charge is 2.28. The first kappa shape index (κ1) is 25.0. The number of nitrogens with zero attached hydrogens (tertiary/aromatic N) is 1. The van der Waals surface area contributed by atoms with Gasteiger partial charge in [0.1, 0.15) is 6.04 Å². The van der Waals surface area contributed by atoms with Gasteiger partial charge >= 0.3 is 0 Å². The van der Waals surface area contributed by atoms with Crippen molar-refractivity contribution in [2.45, 2.75) is 24.3 Å². The number of H-pyrrole nitrogens is 1. The van der Waals surface area contributed by atoms with Crippen LogP contribution >= 0.6 is 0 Å². The maximum Gasteiger partial charge on any atom is 0.242 e. The molecule has 192 valence electrons. The lowest BCUT2D eigenvalue weighted by atomic mass is 10.0. The number of morpholine rings is 1. The molecule has 0 spiro atoms. The van der Waals surface area contributed by atoms with Crippen molar-refractivity contribution in [1.29, 1.82) is 0 Å². The minimum absolute atomic E-state index is 0.154. The Bertz CT molecular complexity index is 1490. The van der Waals surface area contributed by atoms with Crippen molar-refractivity contribution in [2.24, 2.45) is 0 Å². The molecule has 0 aliphatic carbocycles. The number of anilines is 2. The molecule has 1 fully saturated rings. The molecule has 1 aliphatic rings. The van der Waals surface area contributed by atoms with Gasteiger partial charge < -0.3 is 19.9 Å². The number of aryl methyl sites for hydroxylation is 1. The van der Waals surface area contributed by atoms with E-state index in [4.69, 9.17) is 4.74 Å². The topological polar surface area (TPSA) is 104 Å². The maximum atomic E-state index is 13.5. The normalized spacial score (nSPS) is 15.0. The number of hydrogen-bond acceptors (Lipinski definition) is 5. The number of sulfonamides is 1. The van der Waals surface area contributed by atoms with Crippen LogP contribution in [0.4, 0.5) is 11.4 Å². The van der Waals surface area contributed by atoms with Gasteiger partial charge in [-0.15, -0.1) is 0 Å². The fraction of sp³-hybridized carbons (Fsp3) is 0.250. The summed E-state index contributed by atoms with van der Waals surface area (Å²) < 4.78 is 34.7. The summed E-state index contributed by atoms with van der Waals surface area (Å²) in [6.45, 7) is 4.75. The molecule has 3 N–H and O–H groups in total. The Morgan fingerprint density at radius 3 is 2.46 bits per heavy atom. The van der Waals surface area contributed by atoms with Crippen molar-refractivity contribution in [2.75, 3.05) is 36.5 Å². The number of carbonyl (C=O) groups is 1. The number of aromatic amines is 1. The van der Waals surface area contributed by atoms with Gasteiger partial charge in [-0.25, -0.2) is 8.42 Å². The van der Waals surface area contributed by atoms with Gasteiger partial charge in [0.25, 0.3) is 0 Å². The number of nitrogens with one attached hydrogen (secondary N) is 3. The molecule has 1 saturated heterocycles. The molecule has 2 heterocycles. The van der Waals surface area contributed by atoms with Gasteiger partial charge in [-0.05, 0) is 60.9 Å². The SMILES string of the molecule is Cc1ccccc1S(=O)(=O)NC(Cc1c[nH]c2ccccc12)C(=O)Nc1ccc(N2CCOCC2)cc1. The molecular weight excluding hydrogens is 488 g/mol. The molecule has 1 aromatic heterocycles. The second kappa shape index (κ2) is 10.8. The first-order valence-corrected chi connectivity index (χ1v) is 13.8. The van der Waals surface area contributed by atoms with Gasteiger partial charge in [-0.1, -0.05) is 36.4 Å². The van der Waals surface area contributed by atoms with Crippen molar-refractivity contribution in [3.8, 4) is 0 Å². The highest BCUT2D eigenvalue weighted by molar-refractivity contribution is 7.89. The number of ether oxygens (including phenoxy) is 1. The van der Waals surface area contributed by atoms with Crippen LogP contribution in [0.2, 0.25) is 0 Å². The van der Waals surface area contributed by atoms with E-state index in [1.807, 2.05) is 54.7 Å². The average molecular weight is 519 g/mol. The molecular formula is C28H30N4O4S. The van der Waals surface area contributed by atoms with Gasteiger partial charge in [0, 0.05) is 41.6 Å². The monoisotopic (exact) mass is 518 g/mol. The zero-order valence-corrected chi connectivity index (χ0v) is 21.4. The van der Waals surface area contributed by atoms with Crippen LogP contribution in [0.25, 0.3) is 10.9 Å². The molecule has 5 rings (SSSR count). The molecule has 1 atom stereocenters. The van der Waals surface area contributed by atoms with Crippen molar-refractivity contribution in [3.05, 3.63) is 90.1 Å². The van der Waals surface area contributed by atoms with Gasteiger partial charge in [0.05, 0.1) is 18.1 Å². The van der Waals surface area contributed by atoms with E-state index in [1.54, 1.807) is 31.2 Å². The Balaban J connectivity index is 1.39. The van der Waals surface area contributed by atoms with Gasteiger partial charge in [-0.3, -0.25) is 4.79 Å². The van der Waals surface area contributed by atoms with Crippen molar-refractivity contribution in [1.82, 2.24) is 9.71 Å². The summed E-state index contributed by atoms with van der Waals surface area (Å²) in [6.07, 6.45) is 2.01. The van der Waals surface area contributed by atoms with Gasteiger partial charge in [0.15, 0.2) is 0 Å². The predicted molar refractivity (Wildman–Crippen MR) is 145 cm³/mol. The molecule has 0 saturated carbocycles. The highest BCUT2D eigenvalue weighted by atomic mass is 32.2. The number of para-hydroxylation sites is 1. The third-order valence-electron chi connectivity index (χ3n) is 6.61. The van der Waals surface area contributed by atoms with Crippen LogP contribution in [0.5, 0.6) is 0 Å². The Labute approximate surface area is 216 Å². The van der Waals surface area contributed by atoms with E-state index in [2.05, 4.69) is 19.9 Å². The van der Waals surface area contributed by atoms with Crippen molar-refractivity contribution in [3.63, 3.8) is 0 Å². The summed E-state index contributed by atoms with van der Waals surface area (Å²) in [5, 5.41) is 3.85. The molecule has 0 bridgehead atoms. The lowest BCUT2D eigenvalue weighted by Crippen LogP contribution is -2.45. The van der Waals surface area contributed by atoms with Gasteiger partial charge in [-0.2, -0.15) is 4.72 Å². The molecule has 1 unspecified atom stereocenters. The van der Waals surface area contributed by atoms with E-state index < -0.39 is 22.0 Å². The van der Waals surface area contributed by atoms with Crippen LogP contribution in [0.3, 0.4) is 0 Å². The first-order valence-electron chi connectivity index (χ1n) is 12.3. The quantitative estimate of drug-likeness (QED) is 0.329. The summed E-state index contributed by atoms with van der Waals surface area (Å²) in [5.74, 6) is -0.429. The molecule has 9 heteroatoms. The average Bonchev–Trinajstić information content (AvgIpc) is 3.32. The second-order valence-corrected chi connectivity index (χ2v) is 10.8. The van der Waals surface area contributed by atoms with Crippen LogP contribution < -0.4 is 14.9 Å². The van der Waals surface area contributed by atoms with Crippen LogP contribution in [-0.4, -0.2) is 51.7 Å². The molecule has 37 heavy (non-hydrogen) atoms. The number of hydrogen-bond donors (Lipinski definition) is 3. The summed E-state index contributed by atoms with van der Waals surface area (Å²) in [7, 11) is -3.94. The third-order valence-corrected chi connectivity index (χ3v) is 8.24. The van der Waals surface area contributed by atoms with Crippen molar-refractivity contribution < 1.29 is 17.9 Å². The lowest BCUT2D eigenvalue weighted by Gasteiger charge is -2.29. The van der Waals surface area contributed by atoms with E-state index in [0.29, 0.717) is 24.5 Å². The fourth-order valence-corrected chi connectivity index (χ4v) is 6.07. The Hall–Kier alpha value is -3.66. The molecule has 3 aromatic carbocycles. The zero-order chi connectivity index (χ0) is 25.8. The Kier molecular flexibility index (Phi) is 7.27. The number of benzene rings is 3. The minimum atomic E-state index is -3.94. The minimum Gasteiger partial charge on any atom is -0.378 e. The van der Waals surface area contributed by atoms with Crippen LogP contribution in [0.1, 0.15) is 11.1 Å². The molecule has 0 radical (unpaired) electrons. The van der Waals surface area contributed by atoms with Crippen molar-refractivity contribution >= 4 is 38.2 Å². The number of carbonyl (C=O) groups excluding carboxylic acids is 1. The summed E-state index contributed by atoms with van der Waals surface area (Å²) in [6, 6.07) is 21.0. The van der Waals surface area contributed by atoms with Crippen LogP contribution in [0, 0.1) is 6.92 Å². The van der Waals surface area contributed by atoms with Crippen LogP contribution in [0.15, 0.2) is 83.9 Å². The van der Waals surface area contributed by atoms with E-state index in [-0.39, 0.29) is 11.3 Å². The van der Waals surface area contributed by atoms with Gasteiger partial charge in [0.2, 0.25) is 15.9 Å². The summed E-state index contributed by atoms with van der Waals surface area (Å²) in [5.41, 5.74) is 4.04. The highest BCUT2D eigenvalue weighted by Crippen LogP contribution is 2.23. The Morgan fingerprint density at radius 1 is 1.00 bits per heavy atom. The fourth-order valence-electron chi connectivity index (χ4n) is 4.62. The smallest absolute Gasteiger partial charge is 0.242 e. The standard InChI is InChI=1S/C28H30N4O4S/c1-20-6-2-5-9-27(20)37(34,35)31-26(18-21-19-29-25-8-4-3-7-24(21)25)28(33)30-22-10-12-23(13-11-22)32-14-16-36-17-15-32/h2-13,19,26,29,31H,14-18H2,1H3,(H,30,33). The number of aromatic nitrogens is 1. The lowest BCUT2D eigenvalue weighted by molar-refractivity contribution is -0.117.